The number of amides is 2. The van der Waals surface area contributed by atoms with Crippen molar-refractivity contribution in [3.63, 3.8) is 0 Å². The highest BCUT2D eigenvalue weighted by Gasteiger charge is 2.33. The van der Waals surface area contributed by atoms with Gasteiger partial charge in [-0.3, -0.25) is 0 Å². The minimum absolute atomic E-state index is 0.0608. The maximum Gasteiger partial charge on any atom is 0.328 e. The lowest BCUT2D eigenvalue weighted by Gasteiger charge is -2.32. The third kappa shape index (κ3) is 3.42. The van der Waals surface area contributed by atoms with E-state index in [2.05, 4.69) is 5.32 Å². The molecule has 1 aliphatic rings. The van der Waals surface area contributed by atoms with E-state index >= 15 is 0 Å². The number of anilines is 1. The molecule has 1 fully saturated rings. The zero-order valence-corrected chi connectivity index (χ0v) is 11.6. The van der Waals surface area contributed by atoms with E-state index in [0.29, 0.717) is 5.56 Å². The van der Waals surface area contributed by atoms with E-state index in [4.69, 9.17) is 26.7 Å². The Morgan fingerprint density at radius 1 is 1.52 bits per heavy atom. The lowest BCUT2D eigenvalue weighted by Crippen LogP contribution is -2.53. The van der Waals surface area contributed by atoms with E-state index < -0.39 is 18.0 Å². The zero-order valence-electron chi connectivity index (χ0n) is 10.9. The summed E-state index contributed by atoms with van der Waals surface area (Å²) in [5, 5.41) is 20.7. The van der Waals surface area contributed by atoms with Crippen LogP contribution in [0.4, 0.5) is 10.5 Å². The minimum Gasteiger partial charge on any atom is -0.480 e. The number of rotatable bonds is 2. The van der Waals surface area contributed by atoms with Crippen LogP contribution in [0, 0.1) is 11.3 Å². The number of benzene rings is 1. The summed E-state index contributed by atoms with van der Waals surface area (Å²) in [4.78, 5) is 24.5. The maximum atomic E-state index is 12.2. The van der Waals surface area contributed by atoms with Gasteiger partial charge in [-0.05, 0) is 18.2 Å². The van der Waals surface area contributed by atoms with Gasteiger partial charge in [0, 0.05) is 6.54 Å². The fourth-order valence-electron chi connectivity index (χ4n) is 1.93. The first-order valence-corrected chi connectivity index (χ1v) is 6.48. The Balaban J connectivity index is 2.17. The highest BCUT2D eigenvalue weighted by molar-refractivity contribution is 6.33. The van der Waals surface area contributed by atoms with E-state index in [-0.39, 0.29) is 30.5 Å². The van der Waals surface area contributed by atoms with Crippen molar-refractivity contribution < 1.29 is 19.4 Å². The molecule has 1 atom stereocenters. The highest BCUT2D eigenvalue weighted by atomic mass is 35.5. The predicted octanol–water partition coefficient (Wildman–Crippen LogP) is 1.53. The lowest BCUT2D eigenvalue weighted by molar-refractivity contribution is -0.147. The first-order chi connectivity index (χ1) is 10.0. The number of nitriles is 1. The topological polar surface area (TPSA) is 103 Å². The van der Waals surface area contributed by atoms with Gasteiger partial charge < -0.3 is 20.1 Å². The Labute approximate surface area is 125 Å². The summed E-state index contributed by atoms with van der Waals surface area (Å²) >= 11 is 5.95. The second-order valence-corrected chi connectivity index (χ2v) is 4.77. The van der Waals surface area contributed by atoms with Crippen LogP contribution in [0.1, 0.15) is 5.56 Å². The molecule has 1 unspecified atom stereocenters. The largest absolute Gasteiger partial charge is 0.480 e. The number of halogens is 1. The smallest absolute Gasteiger partial charge is 0.328 e. The number of carboxylic acid groups (broad SMARTS) is 1. The van der Waals surface area contributed by atoms with Crippen molar-refractivity contribution in [1.82, 2.24) is 4.90 Å². The van der Waals surface area contributed by atoms with Crippen LogP contribution >= 0.6 is 11.6 Å². The summed E-state index contributed by atoms with van der Waals surface area (Å²) in [6.45, 7) is 0.371. The molecule has 1 aromatic carbocycles. The summed E-state index contributed by atoms with van der Waals surface area (Å²) in [6.07, 6.45) is 0. The molecular formula is C13H12ClN3O4. The molecule has 1 aromatic rings. The quantitative estimate of drug-likeness (QED) is 0.862. The average Bonchev–Trinajstić information content (AvgIpc) is 2.49. The molecule has 2 N–H and O–H groups in total. The van der Waals surface area contributed by atoms with Gasteiger partial charge >= 0.3 is 12.0 Å². The summed E-state index contributed by atoms with van der Waals surface area (Å²) in [5.74, 6) is -1.14. The molecule has 2 amide bonds. The summed E-state index contributed by atoms with van der Waals surface area (Å²) in [7, 11) is 0. The molecule has 0 aromatic heterocycles. The molecule has 0 bridgehead atoms. The number of morpholine rings is 1. The lowest BCUT2D eigenvalue weighted by atomic mass is 10.2. The van der Waals surface area contributed by atoms with Crippen molar-refractivity contribution in [3.05, 3.63) is 28.8 Å². The molecular weight excluding hydrogens is 298 g/mol. The average molecular weight is 310 g/mol. The van der Waals surface area contributed by atoms with Crippen molar-refractivity contribution >= 4 is 29.3 Å². The Morgan fingerprint density at radius 2 is 2.29 bits per heavy atom. The van der Waals surface area contributed by atoms with Crippen LogP contribution in [0.3, 0.4) is 0 Å². The third-order valence-corrected chi connectivity index (χ3v) is 3.34. The molecule has 7 nitrogen and oxygen atoms in total. The molecule has 0 saturated carbocycles. The van der Waals surface area contributed by atoms with E-state index in [1.807, 2.05) is 6.07 Å². The number of urea groups is 1. The van der Waals surface area contributed by atoms with Gasteiger partial charge in [-0.25, -0.2) is 9.59 Å². The van der Waals surface area contributed by atoms with Crippen LogP contribution in [-0.2, 0) is 9.53 Å². The summed E-state index contributed by atoms with van der Waals surface area (Å²) < 4.78 is 5.06. The van der Waals surface area contributed by atoms with E-state index in [9.17, 15) is 9.59 Å². The third-order valence-electron chi connectivity index (χ3n) is 3.01. The number of carbonyl (C=O) groups is 2. The molecule has 8 heteroatoms. The molecule has 1 heterocycles. The van der Waals surface area contributed by atoms with Gasteiger partial charge in [0.1, 0.15) is 0 Å². The van der Waals surface area contributed by atoms with E-state index in [0.717, 1.165) is 0 Å². The van der Waals surface area contributed by atoms with Crippen LogP contribution in [0.15, 0.2) is 18.2 Å². The van der Waals surface area contributed by atoms with Gasteiger partial charge in [0.2, 0.25) is 0 Å². The van der Waals surface area contributed by atoms with Gasteiger partial charge in [0.25, 0.3) is 0 Å². The van der Waals surface area contributed by atoms with Crippen molar-refractivity contribution in [1.29, 1.82) is 5.26 Å². The van der Waals surface area contributed by atoms with E-state index in [1.165, 1.54) is 23.1 Å². The van der Waals surface area contributed by atoms with E-state index in [1.54, 1.807) is 0 Å². The van der Waals surface area contributed by atoms with Crippen molar-refractivity contribution in [2.24, 2.45) is 0 Å². The van der Waals surface area contributed by atoms with Crippen LogP contribution in [0.25, 0.3) is 0 Å². The maximum absolute atomic E-state index is 12.2. The van der Waals surface area contributed by atoms with Crippen LogP contribution in [-0.4, -0.2) is 47.8 Å². The van der Waals surface area contributed by atoms with Crippen LogP contribution in [0.5, 0.6) is 0 Å². The molecule has 1 saturated heterocycles. The zero-order chi connectivity index (χ0) is 15.4. The molecule has 0 radical (unpaired) electrons. The Bertz CT molecular complexity index is 614. The van der Waals surface area contributed by atoms with Crippen molar-refractivity contribution in [2.45, 2.75) is 6.04 Å². The number of nitrogens with one attached hydrogen (secondary N) is 1. The van der Waals surface area contributed by atoms with Crippen LogP contribution in [0.2, 0.25) is 5.02 Å². The molecule has 0 aliphatic carbocycles. The molecule has 1 aliphatic heterocycles. The second kappa shape index (κ2) is 6.43. The van der Waals surface area contributed by atoms with Crippen LogP contribution < -0.4 is 5.32 Å². The summed E-state index contributed by atoms with van der Waals surface area (Å²) in [6, 6.07) is 4.73. The normalized spacial score (nSPS) is 17.9. The molecule has 110 valence electrons. The highest BCUT2D eigenvalue weighted by Crippen LogP contribution is 2.23. The van der Waals surface area contributed by atoms with Gasteiger partial charge in [-0.15, -0.1) is 0 Å². The number of carboxylic acids is 1. The monoisotopic (exact) mass is 309 g/mol. The number of aliphatic carboxylic acids is 1. The fourth-order valence-corrected chi connectivity index (χ4v) is 2.09. The molecule has 0 spiro atoms. The summed E-state index contributed by atoms with van der Waals surface area (Å²) in [5.41, 5.74) is 0.600. The minimum atomic E-state index is -1.14. The van der Waals surface area contributed by atoms with Gasteiger partial charge in [-0.2, -0.15) is 5.26 Å². The Kier molecular flexibility index (Phi) is 4.62. The molecule has 2 rings (SSSR count). The number of carbonyl (C=O) groups excluding carboxylic acids is 1. The fraction of sp³-hybridized carbons (Fsp3) is 0.308. The Hall–Kier alpha value is -2.30. The number of hydrogen-bond acceptors (Lipinski definition) is 4. The number of ether oxygens (including phenoxy) is 1. The van der Waals surface area contributed by atoms with Crippen molar-refractivity contribution in [2.75, 3.05) is 25.1 Å². The van der Waals surface area contributed by atoms with Gasteiger partial charge in [0.05, 0.1) is 35.6 Å². The first kappa shape index (κ1) is 15.1. The SMILES string of the molecule is N#Cc1ccc(Cl)c(NC(=O)N2CCOCC2C(=O)O)c1. The Morgan fingerprint density at radius 3 is 2.95 bits per heavy atom. The number of hydrogen-bond donors (Lipinski definition) is 2. The van der Waals surface area contributed by atoms with Gasteiger partial charge in [-0.1, -0.05) is 11.6 Å². The molecule has 21 heavy (non-hydrogen) atoms. The second-order valence-electron chi connectivity index (χ2n) is 4.36. The standard InChI is InChI=1S/C13H12ClN3O4/c14-9-2-1-8(6-15)5-10(9)16-13(20)17-3-4-21-7-11(17)12(18)19/h1-2,5,11H,3-4,7H2,(H,16,20)(H,18,19). The van der Waals surface area contributed by atoms with Crippen molar-refractivity contribution in [3.8, 4) is 6.07 Å². The van der Waals surface area contributed by atoms with Gasteiger partial charge in [0.15, 0.2) is 6.04 Å². The first-order valence-electron chi connectivity index (χ1n) is 6.10. The predicted molar refractivity (Wildman–Crippen MR) is 74.1 cm³/mol. The number of nitrogens with zero attached hydrogens (tertiary/aromatic N) is 2.